The first kappa shape index (κ1) is 19.5. The Labute approximate surface area is 169 Å². The molecule has 4 heteroatoms. The average Bonchev–Trinajstić information content (AvgIpc) is 2.61. The van der Waals surface area contributed by atoms with E-state index in [9.17, 15) is 0 Å². The Hall–Kier alpha value is -1.26. The Morgan fingerprint density at radius 1 is 1.08 bits per heavy atom. The van der Waals surface area contributed by atoms with Crippen LogP contribution in [-0.2, 0) is 6.54 Å². The number of hydrogen-bond acceptors (Lipinski definition) is 4. The first-order valence-corrected chi connectivity index (χ1v) is 10.5. The standard InChI is InChI=1S/C22H30N2S2/c1-16(2)24-14-8-13-23(15-17-9-6-5-7-10-17)21(24)19-18(25)11-12-22(3,4)20(19)26/h5-7,9-10,16H,8,11-15H2,1-4H3/b21-19-. The van der Waals surface area contributed by atoms with Gasteiger partial charge >= 0.3 is 0 Å². The predicted octanol–water partition coefficient (Wildman–Crippen LogP) is 5.37. The van der Waals surface area contributed by atoms with Crippen LogP contribution in [0.5, 0.6) is 0 Å². The van der Waals surface area contributed by atoms with Gasteiger partial charge in [0.1, 0.15) is 5.82 Å². The van der Waals surface area contributed by atoms with Crippen molar-refractivity contribution in [2.45, 2.75) is 59.5 Å². The van der Waals surface area contributed by atoms with Gasteiger partial charge in [-0.1, -0.05) is 68.6 Å². The smallest absolute Gasteiger partial charge is 0.114 e. The summed E-state index contributed by atoms with van der Waals surface area (Å²) in [5.74, 6) is 1.28. The van der Waals surface area contributed by atoms with E-state index in [4.69, 9.17) is 24.4 Å². The third kappa shape index (κ3) is 3.86. The fourth-order valence-electron chi connectivity index (χ4n) is 3.94. The molecule has 0 amide bonds. The summed E-state index contributed by atoms with van der Waals surface area (Å²) in [5.41, 5.74) is 2.55. The predicted molar refractivity (Wildman–Crippen MR) is 119 cm³/mol. The van der Waals surface area contributed by atoms with Gasteiger partial charge in [0, 0.05) is 46.4 Å². The number of rotatable bonds is 3. The van der Waals surface area contributed by atoms with Gasteiger partial charge in [-0.2, -0.15) is 0 Å². The van der Waals surface area contributed by atoms with E-state index in [2.05, 4.69) is 67.8 Å². The molecule has 2 nitrogen and oxygen atoms in total. The normalized spacial score (nSPS) is 23.7. The summed E-state index contributed by atoms with van der Waals surface area (Å²) in [6.45, 7) is 12.1. The van der Waals surface area contributed by atoms with Crippen molar-refractivity contribution in [2.75, 3.05) is 13.1 Å². The lowest BCUT2D eigenvalue weighted by atomic mass is 9.74. The Kier molecular flexibility index (Phi) is 5.83. The highest BCUT2D eigenvalue weighted by Crippen LogP contribution is 2.39. The molecule has 0 radical (unpaired) electrons. The van der Waals surface area contributed by atoms with Crippen LogP contribution in [-0.4, -0.2) is 38.7 Å². The van der Waals surface area contributed by atoms with E-state index < -0.39 is 0 Å². The van der Waals surface area contributed by atoms with Crippen LogP contribution in [0.2, 0.25) is 0 Å². The molecule has 2 fully saturated rings. The van der Waals surface area contributed by atoms with Gasteiger partial charge in [0.15, 0.2) is 0 Å². The van der Waals surface area contributed by atoms with Crippen molar-refractivity contribution in [3.05, 3.63) is 47.3 Å². The van der Waals surface area contributed by atoms with E-state index in [0.29, 0.717) is 6.04 Å². The summed E-state index contributed by atoms with van der Waals surface area (Å²) >= 11 is 11.8. The number of thiocarbonyl (C=S) groups is 2. The van der Waals surface area contributed by atoms with Crippen LogP contribution < -0.4 is 0 Å². The van der Waals surface area contributed by atoms with Crippen molar-refractivity contribution in [3.63, 3.8) is 0 Å². The minimum absolute atomic E-state index is 0.0402. The Bertz CT molecular complexity index is 719. The van der Waals surface area contributed by atoms with Gasteiger partial charge in [0.05, 0.1) is 0 Å². The molecule has 0 bridgehead atoms. The zero-order valence-electron chi connectivity index (χ0n) is 16.4. The summed E-state index contributed by atoms with van der Waals surface area (Å²) in [6.07, 6.45) is 3.19. The largest absolute Gasteiger partial charge is 0.355 e. The molecule has 1 heterocycles. The van der Waals surface area contributed by atoms with Crippen molar-refractivity contribution in [1.29, 1.82) is 0 Å². The molecule has 0 atom stereocenters. The molecule has 1 saturated heterocycles. The molecule has 1 aliphatic carbocycles. The zero-order chi connectivity index (χ0) is 18.9. The van der Waals surface area contributed by atoms with Crippen molar-refractivity contribution in [3.8, 4) is 0 Å². The first-order chi connectivity index (χ1) is 12.3. The maximum atomic E-state index is 5.98. The lowest BCUT2D eigenvalue weighted by molar-refractivity contribution is 0.126. The van der Waals surface area contributed by atoms with Gasteiger partial charge in [-0.3, -0.25) is 0 Å². The molecule has 0 aromatic heterocycles. The van der Waals surface area contributed by atoms with Crippen LogP contribution in [0.4, 0.5) is 0 Å². The van der Waals surface area contributed by atoms with E-state index in [-0.39, 0.29) is 5.41 Å². The second-order valence-corrected chi connectivity index (χ2v) is 9.28. The third-order valence-electron chi connectivity index (χ3n) is 5.56. The zero-order valence-corrected chi connectivity index (χ0v) is 18.1. The lowest BCUT2D eigenvalue weighted by Crippen LogP contribution is -2.48. The summed E-state index contributed by atoms with van der Waals surface area (Å²) < 4.78 is 0. The van der Waals surface area contributed by atoms with Gasteiger partial charge < -0.3 is 9.80 Å². The fraction of sp³-hybridized carbons (Fsp3) is 0.545. The molecule has 1 aromatic rings. The van der Waals surface area contributed by atoms with Crippen molar-refractivity contribution >= 4 is 34.2 Å². The second-order valence-electron chi connectivity index (χ2n) is 8.38. The summed E-state index contributed by atoms with van der Waals surface area (Å²) in [6, 6.07) is 11.2. The summed E-state index contributed by atoms with van der Waals surface area (Å²) in [5, 5.41) is 0. The van der Waals surface area contributed by atoms with Crippen LogP contribution in [0.25, 0.3) is 0 Å². The lowest BCUT2D eigenvalue weighted by Gasteiger charge is -2.46. The summed E-state index contributed by atoms with van der Waals surface area (Å²) in [7, 11) is 0. The van der Waals surface area contributed by atoms with Crippen molar-refractivity contribution < 1.29 is 0 Å². The molecule has 0 unspecified atom stereocenters. The highest BCUT2D eigenvalue weighted by molar-refractivity contribution is 7.83. The second kappa shape index (κ2) is 7.77. The molecule has 26 heavy (non-hydrogen) atoms. The van der Waals surface area contributed by atoms with Crippen LogP contribution in [0.15, 0.2) is 41.7 Å². The molecule has 1 aliphatic heterocycles. The topological polar surface area (TPSA) is 6.48 Å². The van der Waals surface area contributed by atoms with E-state index in [0.717, 1.165) is 42.2 Å². The first-order valence-electron chi connectivity index (χ1n) is 9.69. The average molecular weight is 387 g/mol. The Balaban J connectivity index is 2.08. The Morgan fingerprint density at radius 2 is 1.77 bits per heavy atom. The molecular weight excluding hydrogens is 356 g/mol. The minimum atomic E-state index is 0.0402. The minimum Gasteiger partial charge on any atom is -0.355 e. The van der Waals surface area contributed by atoms with Gasteiger partial charge in [0.2, 0.25) is 0 Å². The highest BCUT2D eigenvalue weighted by atomic mass is 32.1. The van der Waals surface area contributed by atoms with Crippen LogP contribution in [0.1, 0.15) is 52.5 Å². The van der Waals surface area contributed by atoms with E-state index >= 15 is 0 Å². The maximum absolute atomic E-state index is 5.98. The molecule has 2 aliphatic rings. The molecule has 3 rings (SSSR count). The molecule has 140 valence electrons. The quantitative estimate of drug-likeness (QED) is 0.508. The maximum Gasteiger partial charge on any atom is 0.114 e. The van der Waals surface area contributed by atoms with Crippen molar-refractivity contribution in [1.82, 2.24) is 9.80 Å². The third-order valence-corrected chi connectivity index (χ3v) is 6.72. The number of hydrogen-bond donors (Lipinski definition) is 0. The van der Waals surface area contributed by atoms with Crippen molar-refractivity contribution in [2.24, 2.45) is 5.41 Å². The fourth-order valence-corrected chi connectivity index (χ4v) is 4.62. The van der Waals surface area contributed by atoms with Gasteiger partial charge in [-0.05, 0) is 38.7 Å². The van der Waals surface area contributed by atoms with E-state index in [1.54, 1.807) is 0 Å². The molecule has 0 N–H and O–H groups in total. The SMILES string of the molecule is CC(C)N1CCCN(Cc2ccccc2)/C1=C1\C(=S)CCC(C)(C)C1=S. The number of allylic oxidation sites excluding steroid dienone is 1. The summed E-state index contributed by atoms with van der Waals surface area (Å²) in [4.78, 5) is 7.12. The van der Waals surface area contributed by atoms with Crippen LogP contribution in [0, 0.1) is 5.41 Å². The van der Waals surface area contributed by atoms with Crippen LogP contribution in [0.3, 0.4) is 0 Å². The van der Waals surface area contributed by atoms with Gasteiger partial charge in [0.25, 0.3) is 0 Å². The van der Waals surface area contributed by atoms with Crippen LogP contribution >= 0.6 is 24.4 Å². The molecule has 1 aromatic carbocycles. The van der Waals surface area contributed by atoms with E-state index in [1.807, 2.05) is 0 Å². The highest BCUT2D eigenvalue weighted by Gasteiger charge is 2.38. The number of benzene rings is 1. The monoisotopic (exact) mass is 386 g/mol. The number of nitrogens with zero attached hydrogens (tertiary/aromatic N) is 2. The van der Waals surface area contributed by atoms with Gasteiger partial charge in [-0.15, -0.1) is 0 Å². The van der Waals surface area contributed by atoms with Gasteiger partial charge in [-0.25, -0.2) is 0 Å². The Morgan fingerprint density at radius 3 is 2.42 bits per heavy atom. The van der Waals surface area contributed by atoms with E-state index in [1.165, 1.54) is 23.4 Å². The molecular formula is C22H30N2S2. The molecule has 1 saturated carbocycles. The molecule has 0 spiro atoms.